The molecular formula is C28H36O12. The molecule has 2 heterocycles. The van der Waals surface area contributed by atoms with Crippen LogP contribution >= 0.6 is 0 Å². The highest BCUT2D eigenvalue weighted by Gasteiger charge is 2.54. The molecule has 0 saturated carbocycles. The van der Waals surface area contributed by atoms with E-state index in [1.54, 1.807) is 26.8 Å². The van der Waals surface area contributed by atoms with Crippen LogP contribution in [0, 0.1) is 11.8 Å². The molecule has 9 unspecified atom stereocenters. The zero-order valence-electron chi connectivity index (χ0n) is 23.6. The molecule has 0 aromatic rings. The van der Waals surface area contributed by atoms with E-state index in [2.05, 4.69) is 6.58 Å². The number of epoxide rings is 1. The Kier molecular flexibility index (Phi) is 9.25. The molecule has 2 aliphatic heterocycles. The van der Waals surface area contributed by atoms with Gasteiger partial charge in [-0.15, -0.1) is 0 Å². The van der Waals surface area contributed by atoms with Crippen LogP contribution < -0.4 is 0 Å². The molecule has 12 heteroatoms. The van der Waals surface area contributed by atoms with Crippen LogP contribution in [0.2, 0.25) is 0 Å². The van der Waals surface area contributed by atoms with Gasteiger partial charge in [-0.1, -0.05) is 20.4 Å². The van der Waals surface area contributed by atoms with Crippen LogP contribution in [0.15, 0.2) is 35.5 Å². The van der Waals surface area contributed by atoms with Gasteiger partial charge in [0.05, 0.1) is 24.5 Å². The standard InChI is InChI=1S/C28H36O12/c1-9-12(2)24(30)39-22-17(26(32)35-8)11-19-21(37-19)13(3)10-18-20(14(4)25(31)38-18)23(22)40-27(33)28(7,34)15(5)36-16(6)29/h10-12,15,18-23,34H,4,9H2,1-3,5-8H3. The van der Waals surface area contributed by atoms with Crippen molar-refractivity contribution in [2.75, 3.05) is 7.11 Å². The van der Waals surface area contributed by atoms with E-state index in [1.165, 1.54) is 13.0 Å². The Labute approximate surface area is 232 Å². The lowest BCUT2D eigenvalue weighted by Gasteiger charge is -2.36. The fraction of sp³-hybridized carbons (Fsp3) is 0.607. The summed E-state index contributed by atoms with van der Waals surface area (Å²) in [6, 6.07) is 0. The molecule has 1 aliphatic carbocycles. The third kappa shape index (κ3) is 6.28. The van der Waals surface area contributed by atoms with Gasteiger partial charge in [0, 0.05) is 12.5 Å². The van der Waals surface area contributed by atoms with Crippen LogP contribution in [-0.4, -0.2) is 84.3 Å². The van der Waals surface area contributed by atoms with Crippen LogP contribution in [0.3, 0.4) is 0 Å². The van der Waals surface area contributed by atoms with E-state index in [1.807, 2.05) is 0 Å². The molecule has 40 heavy (non-hydrogen) atoms. The van der Waals surface area contributed by atoms with Crippen LogP contribution in [-0.2, 0) is 52.4 Å². The Morgan fingerprint density at radius 1 is 1.15 bits per heavy atom. The quantitative estimate of drug-likeness (QED) is 0.149. The smallest absolute Gasteiger partial charge is 0.342 e. The zero-order valence-corrected chi connectivity index (χ0v) is 23.6. The summed E-state index contributed by atoms with van der Waals surface area (Å²) in [6.45, 7) is 12.4. The molecular weight excluding hydrogens is 528 g/mol. The minimum Gasteiger partial charge on any atom is -0.466 e. The summed E-state index contributed by atoms with van der Waals surface area (Å²) in [6.07, 6.45) is -3.22. The Morgan fingerprint density at radius 2 is 1.80 bits per heavy atom. The number of aliphatic hydroxyl groups is 1. The van der Waals surface area contributed by atoms with Crippen molar-refractivity contribution in [2.45, 2.75) is 90.2 Å². The Balaban J connectivity index is 2.20. The number of hydrogen-bond donors (Lipinski definition) is 1. The minimum atomic E-state index is -2.38. The molecule has 0 spiro atoms. The molecule has 12 nitrogen and oxygen atoms in total. The summed E-state index contributed by atoms with van der Waals surface area (Å²) < 4.78 is 32.8. The monoisotopic (exact) mass is 564 g/mol. The third-order valence-corrected chi connectivity index (χ3v) is 7.44. The summed E-state index contributed by atoms with van der Waals surface area (Å²) >= 11 is 0. The summed E-state index contributed by atoms with van der Waals surface area (Å²) in [4.78, 5) is 63.8. The van der Waals surface area contributed by atoms with E-state index >= 15 is 0 Å². The summed E-state index contributed by atoms with van der Waals surface area (Å²) in [5.41, 5.74) is -2.00. The fourth-order valence-electron chi connectivity index (χ4n) is 4.49. The SMILES string of the molecule is C=C1C(=O)OC2C=C(C)C3OC3C=C(C(=O)OC)C(OC(=O)C(C)CC)C(OC(=O)C(C)(O)C(C)OC(C)=O)C12. The predicted molar refractivity (Wildman–Crippen MR) is 136 cm³/mol. The van der Waals surface area contributed by atoms with Gasteiger partial charge in [0.15, 0.2) is 17.8 Å². The van der Waals surface area contributed by atoms with Crippen LogP contribution in [0.5, 0.6) is 0 Å². The van der Waals surface area contributed by atoms with Gasteiger partial charge in [-0.25, -0.2) is 14.4 Å². The predicted octanol–water partition coefficient (Wildman–Crippen LogP) is 1.48. The van der Waals surface area contributed by atoms with E-state index in [0.717, 1.165) is 21.0 Å². The highest BCUT2D eigenvalue weighted by molar-refractivity contribution is 5.93. The van der Waals surface area contributed by atoms with Crippen LogP contribution in [0.4, 0.5) is 0 Å². The molecule has 0 aromatic heterocycles. The van der Waals surface area contributed by atoms with E-state index in [-0.39, 0.29) is 11.1 Å². The second kappa shape index (κ2) is 11.9. The fourth-order valence-corrected chi connectivity index (χ4v) is 4.49. The highest BCUT2D eigenvalue weighted by atomic mass is 16.6. The number of carbonyl (C=O) groups is 5. The molecule has 9 atom stereocenters. The summed E-state index contributed by atoms with van der Waals surface area (Å²) in [5, 5.41) is 11.0. The maximum atomic E-state index is 13.5. The topological polar surface area (TPSA) is 164 Å². The van der Waals surface area contributed by atoms with Gasteiger partial charge < -0.3 is 33.5 Å². The summed E-state index contributed by atoms with van der Waals surface area (Å²) in [5.74, 6) is -6.18. The molecule has 220 valence electrons. The first-order valence-electron chi connectivity index (χ1n) is 13.0. The number of fused-ring (bicyclic) bond motifs is 2. The van der Waals surface area contributed by atoms with Gasteiger partial charge in [-0.05, 0) is 44.9 Å². The summed E-state index contributed by atoms with van der Waals surface area (Å²) in [7, 11) is 1.13. The van der Waals surface area contributed by atoms with Crippen molar-refractivity contribution in [1.29, 1.82) is 0 Å². The average Bonchev–Trinajstić information content (AvgIpc) is 3.61. The van der Waals surface area contributed by atoms with Crippen molar-refractivity contribution in [3.05, 3.63) is 35.5 Å². The number of ether oxygens (including phenoxy) is 6. The normalized spacial score (nSPS) is 30.5. The van der Waals surface area contributed by atoms with Crippen molar-refractivity contribution >= 4 is 29.8 Å². The van der Waals surface area contributed by atoms with E-state index in [4.69, 9.17) is 28.4 Å². The zero-order chi connectivity index (χ0) is 30.1. The molecule has 2 saturated heterocycles. The number of carbonyl (C=O) groups excluding carboxylic acids is 5. The van der Waals surface area contributed by atoms with Crippen LogP contribution in [0.1, 0.15) is 48.0 Å². The van der Waals surface area contributed by atoms with Crippen molar-refractivity contribution in [3.8, 4) is 0 Å². The number of rotatable bonds is 8. The van der Waals surface area contributed by atoms with Gasteiger partial charge >= 0.3 is 29.8 Å². The second-order valence-electron chi connectivity index (χ2n) is 10.4. The van der Waals surface area contributed by atoms with Crippen molar-refractivity contribution in [1.82, 2.24) is 0 Å². The Morgan fingerprint density at radius 3 is 2.38 bits per heavy atom. The van der Waals surface area contributed by atoms with E-state index in [0.29, 0.717) is 12.0 Å². The van der Waals surface area contributed by atoms with E-state index in [9.17, 15) is 29.1 Å². The van der Waals surface area contributed by atoms with Crippen molar-refractivity contribution in [2.24, 2.45) is 11.8 Å². The Bertz CT molecular complexity index is 1150. The lowest BCUT2D eigenvalue weighted by molar-refractivity contribution is -0.197. The molecule has 2 fully saturated rings. The van der Waals surface area contributed by atoms with Gasteiger partial charge in [-0.3, -0.25) is 9.59 Å². The highest BCUT2D eigenvalue weighted by Crippen LogP contribution is 2.41. The average molecular weight is 565 g/mol. The third-order valence-electron chi connectivity index (χ3n) is 7.44. The molecule has 3 rings (SSSR count). The van der Waals surface area contributed by atoms with Gasteiger partial charge in [0.2, 0.25) is 0 Å². The van der Waals surface area contributed by atoms with Crippen molar-refractivity contribution < 1.29 is 57.5 Å². The molecule has 0 bridgehead atoms. The molecule has 3 aliphatic rings. The van der Waals surface area contributed by atoms with Crippen molar-refractivity contribution in [3.63, 3.8) is 0 Å². The number of esters is 5. The first-order valence-corrected chi connectivity index (χ1v) is 13.0. The maximum Gasteiger partial charge on any atom is 0.342 e. The van der Waals surface area contributed by atoms with Gasteiger partial charge in [0.1, 0.15) is 24.4 Å². The first-order chi connectivity index (χ1) is 18.6. The number of hydrogen-bond acceptors (Lipinski definition) is 12. The lowest BCUT2D eigenvalue weighted by Crippen LogP contribution is -2.53. The molecule has 0 aromatic carbocycles. The Hall–Kier alpha value is -3.51. The first kappa shape index (κ1) is 31.0. The molecule has 0 amide bonds. The largest absolute Gasteiger partial charge is 0.466 e. The lowest BCUT2D eigenvalue weighted by atomic mass is 9.83. The maximum absolute atomic E-state index is 13.5. The van der Waals surface area contributed by atoms with Gasteiger partial charge in [-0.2, -0.15) is 0 Å². The van der Waals surface area contributed by atoms with Gasteiger partial charge in [0.25, 0.3) is 0 Å². The molecule has 0 radical (unpaired) electrons. The minimum absolute atomic E-state index is 0.109. The van der Waals surface area contributed by atoms with E-state index < -0.39 is 83.9 Å². The second-order valence-corrected chi connectivity index (χ2v) is 10.4. The number of methoxy groups -OCH3 is 1. The molecule has 1 N–H and O–H groups in total. The van der Waals surface area contributed by atoms with Crippen LogP contribution in [0.25, 0.3) is 0 Å².